The molecule has 0 bridgehead atoms. The molecule has 8 heteroatoms. The molecule has 0 aliphatic carbocycles. The monoisotopic (exact) mass is 419 g/mol. The second-order valence-corrected chi connectivity index (χ2v) is 5.64. The molecule has 1 amide bonds. The molecule has 0 saturated carbocycles. The molecular weight excluding hydrogens is 407 g/mol. The van der Waals surface area contributed by atoms with E-state index in [-0.39, 0.29) is 16.9 Å². The number of nitrogens with zero attached hydrogens (tertiary/aromatic N) is 2. The summed E-state index contributed by atoms with van der Waals surface area (Å²) in [6.07, 6.45) is 0.694. The van der Waals surface area contributed by atoms with Crippen molar-refractivity contribution in [1.29, 1.82) is 0 Å². The minimum Gasteiger partial charge on any atom is -0.320 e. The van der Waals surface area contributed by atoms with Crippen LogP contribution in [-0.2, 0) is 6.54 Å². The number of amides is 1. The zero-order valence-corrected chi connectivity index (χ0v) is 13.7. The van der Waals surface area contributed by atoms with Gasteiger partial charge >= 0.3 is 0 Å². The van der Waals surface area contributed by atoms with E-state index in [2.05, 4.69) is 10.4 Å². The summed E-state index contributed by atoms with van der Waals surface area (Å²) in [4.78, 5) is 23.7. The van der Waals surface area contributed by atoms with Crippen molar-refractivity contribution in [3.8, 4) is 0 Å². The van der Waals surface area contributed by atoms with Gasteiger partial charge in [-0.05, 0) is 41.1 Å². The summed E-state index contributed by atoms with van der Waals surface area (Å²) >= 11 is 1.78. The Bertz CT molecular complexity index is 777. The Kier molecular flexibility index (Phi) is 5.22. The summed E-state index contributed by atoms with van der Waals surface area (Å²) in [5.41, 5.74) is -0.145. The van der Waals surface area contributed by atoms with Crippen molar-refractivity contribution in [1.82, 2.24) is 9.78 Å². The molecule has 1 aromatic heterocycles. The first-order valence-corrected chi connectivity index (χ1v) is 7.54. The minimum atomic E-state index is -1.06. The van der Waals surface area contributed by atoms with Crippen LogP contribution in [0.25, 0.3) is 0 Å². The lowest BCUT2D eigenvalue weighted by molar-refractivity contribution is 0.101. The van der Waals surface area contributed by atoms with E-state index in [1.54, 1.807) is 22.6 Å². The molecule has 0 aliphatic rings. The Morgan fingerprint density at radius 1 is 1.32 bits per heavy atom. The Morgan fingerprint density at radius 3 is 2.68 bits per heavy atom. The number of nitrogens with one attached hydrogen (secondary N) is 1. The van der Waals surface area contributed by atoms with Gasteiger partial charge in [0.25, 0.3) is 11.5 Å². The third kappa shape index (κ3) is 3.67. The lowest BCUT2D eigenvalue weighted by Gasteiger charge is -2.09. The Hall–Kier alpha value is -1.84. The first kappa shape index (κ1) is 16.5. The third-order valence-electron chi connectivity index (χ3n) is 2.79. The third-order valence-corrected chi connectivity index (χ3v) is 3.69. The fraction of sp³-hybridized carbons (Fsp3) is 0.214. The van der Waals surface area contributed by atoms with Gasteiger partial charge in [-0.3, -0.25) is 9.59 Å². The minimum absolute atomic E-state index is 0.0218. The maximum absolute atomic E-state index is 13.2. The highest BCUT2D eigenvalue weighted by atomic mass is 127. The van der Waals surface area contributed by atoms with Gasteiger partial charge in [0.05, 0.1) is 5.69 Å². The summed E-state index contributed by atoms with van der Waals surface area (Å²) in [6, 6.07) is 4.42. The van der Waals surface area contributed by atoms with Gasteiger partial charge in [-0.1, -0.05) is 6.92 Å². The van der Waals surface area contributed by atoms with Gasteiger partial charge in [-0.25, -0.2) is 13.5 Å². The molecule has 0 radical (unpaired) electrons. The molecule has 0 atom stereocenters. The molecule has 1 N–H and O–H groups in total. The number of carbonyl (C=O) groups excluding carboxylic acids is 1. The van der Waals surface area contributed by atoms with Crippen LogP contribution in [0, 0.1) is 15.2 Å². The van der Waals surface area contributed by atoms with Gasteiger partial charge in [0.1, 0.15) is 5.69 Å². The summed E-state index contributed by atoms with van der Waals surface area (Å²) in [7, 11) is 0. The van der Waals surface area contributed by atoms with Crippen LogP contribution in [0.4, 0.5) is 14.5 Å². The molecule has 0 spiro atoms. The van der Waals surface area contributed by atoms with E-state index >= 15 is 0 Å². The fourth-order valence-corrected chi connectivity index (χ4v) is 2.31. The molecule has 116 valence electrons. The van der Waals surface area contributed by atoms with E-state index in [1.807, 2.05) is 6.92 Å². The molecule has 2 aromatic rings. The van der Waals surface area contributed by atoms with Crippen LogP contribution >= 0.6 is 22.6 Å². The normalized spacial score (nSPS) is 10.5. The maximum atomic E-state index is 13.2. The number of hydrogen-bond donors (Lipinski definition) is 1. The standard InChI is InChI=1S/C14H12F2IN3O2/c1-2-5-20-13(21)4-3-11(19-20)14(22)18-12-7-9(16)8(15)6-10(12)17/h3-4,6-7H,2,5H2,1H3,(H,18,22). The topological polar surface area (TPSA) is 64.0 Å². The van der Waals surface area contributed by atoms with E-state index in [1.165, 1.54) is 16.8 Å². The largest absolute Gasteiger partial charge is 0.320 e. The average Bonchev–Trinajstić information content (AvgIpc) is 2.47. The van der Waals surface area contributed by atoms with E-state index in [0.29, 0.717) is 16.5 Å². The molecule has 0 aliphatic heterocycles. The molecule has 5 nitrogen and oxygen atoms in total. The van der Waals surface area contributed by atoms with Gasteiger partial charge in [0.2, 0.25) is 0 Å². The number of rotatable bonds is 4. The second kappa shape index (κ2) is 6.95. The summed E-state index contributed by atoms with van der Waals surface area (Å²) < 4.78 is 27.8. The Balaban J connectivity index is 2.28. The highest BCUT2D eigenvalue weighted by molar-refractivity contribution is 14.1. The van der Waals surface area contributed by atoms with Crippen molar-refractivity contribution in [2.24, 2.45) is 0 Å². The number of hydrogen-bond acceptors (Lipinski definition) is 3. The smallest absolute Gasteiger partial charge is 0.276 e. The maximum Gasteiger partial charge on any atom is 0.276 e. The molecule has 22 heavy (non-hydrogen) atoms. The first-order valence-electron chi connectivity index (χ1n) is 6.46. The average molecular weight is 419 g/mol. The lowest BCUT2D eigenvalue weighted by Crippen LogP contribution is -2.26. The van der Waals surface area contributed by atoms with Crippen LogP contribution in [-0.4, -0.2) is 15.7 Å². The predicted octanol–water partition coefficient (Wildman–Crippen LogP) is 2.79. The van der Waals surface area contributed by atoms with E-state index in [9.17, 15) is 18.4 Å². The molecule has 1 heterocycles. The van der Waals surface area contributed by atoms with Crippen LogP contribution in [0.15, 0.2) is 29.1 Å². The van der Waals surface area contributed by atoms with Gasteiger partial charge in [-0.15, -0.1) is 0 Å². The molecule has 0 saturated heterocycles. The SMILES string of the molecule is CCCn1nc(C(=O)Nc2cc(F)c(F)cc2I)ccc1=O. The number of aromatic nitrogens is 2. The number of benzene rings is 1. The highest BCUT2D eigenvalue weighted by Gasteiger charge is 2.14. The van der Waals surface area contributed by atoms with E-state index in [0.717, 1.165) is 12.1 Å². The van der Waals surface area contributed by atoms with Crippen LogP contribution in [0.2, 0.25) is 0 Å². The van der Waals surface area contributed by atoms with Gasteiger partial charge in [0.15, 0.2) is 11.6 Å². The quantitative estimate of drug-likeness (QED) is 0.613. The van der Waals surface area contributed by atoms with Crippen molar-refractivity contribution >= 4 is 34.2 Å². The second-order valence-electron chi connectivity index (χ2n) is 4.48. The van der Waals surface area contributed by atoms with Crippen LogP contribution in [0.1, 0.15) is 23.8 Å². The van der Waals surface area contributed by atoms with Crippen molar-refractivity contribution in [3.05, 3.63) is 55.5 Å². The molecule has 2 rings (SSSR count). The van der Waals surface area contributed by atoms with E-state index in [4.69, 9.17) is 0 Å². The number of aryl methyl sites for hydroxylation is 1. The summed E-state index contributed by atoms with van der Waals surface area (Å²) in [5.74, 6) is -2.65. The summed E-state index contributed by atoms with van der Waals surface area (Å²) in [5, 5.41) is 6.40. The predicted molar refractivity (Wildman–Crippen MR) is 85.8 cm³/mol. The highest BCUT2D eigenvalue weighted by Crippen LogP contribution is 2.22. The first-order chi connectivity index (χ1) is 10.4. The Labute approximate surface area is 138 Å². The zero-order valence-electron chi connectivity index (χ0n) is 11.6. The molecule has 0 unspecified atom stereocenters. The van der Waals surface area contributed by atoms with E-state index < -0.39 is 17.5 Å². The summed E-state index contributed by atoms with van der Waals surface area (Å²) in [6.45, 7) is 2.27. The van der Waals surface area contributed by atoms with Crippen LogP contribution in [0.3, 0.4) is 0 Å². The number of halogens is 3. The van der Waals surface area contributed by atoms with Crippen molar-refractivity contribution in [2.45, 2.75) is 19.9 Å². The van der Waals surface area contributed by atoms with Crippen molar-refractivity contribution < 1.29 is 13.6 Å². The van der Waals surface area contributed by atoms with Crippen LogP contribution in [0.5, 0.6) is 0 Å². The lowest BCUT2D eigenvalue weighted by atomic mass is 10.3. The van der Waals surface area contributed by atoms with Crippen molar-refractivity contribution in [3.63, 3.8) is 0 Å². The molecule has 0 fully saturated rings. The van der Waals surface area contributed by atoms with Crippen LogP contribution < -0.4 is 10.9 Å². The number of carbonyl (C=O) groups is 1. The Morgan fingerprint density at radius 2 is 2.00 bits per heavy atom. The van der Waals surface area contributed by atoms with Gasteiger partial charge in [0, 0.05) is 22.2 Å². The molecular formula is C14H12F2IN3O2. The molecule has 1 aromatic carbocycles. The zero-order chi connectivity index (χ0) is 16.3. The fourth-order valence-electron chi connectivity index (χ4n) is 1.75. The number of anilines is 1. The van der Waals surface area contributed by atoms with Gasteiger partial charge < -0.3 is 5.32 Å². The van der Waals surface area contributed by atoms with Gasteiger partial charge in [-0.2, -0.15) is 5.10 Å². The van der Waals surface area contributed by atoms with Crippen molar-refractivity contribution in [2.75, 3.05) is 5.32 Å².